The highest BCUT2D eigenvalue weighted by Crippen LogP contribution is 2.30. The van der Waals surface area contributed by atoms with Crippen molar-refractivity contribution in [1.29, 1.82) is 0 Å². The number of benzene rings is 1. The van der Waals surface area contributed by atoms with E-state index in [1.54, 1.807) is 0 Å². The van der Waals surface area contributed by atoms with E-state index in [1.165, 1.54) is 11.5 Å². The molecular weight excluding hydrogens is 224 g/mol. The normalized spacial score (nSPS) is 10.6. The lowest BCUT2D eigenvalue weighted by Gasteiger charge is -1.91. The van der Waals surface area contributed by atoms with Crippen LogP contribution in [0.4, 0.5) is 5.82 Å². The van der Waals surface area contributed by atoms with Gasteiger partial charge in [0.2, 0.25) is 0 Å². The predicted molar refractivity (Wildman–Crippen MR) is 51.7 cm³/mol. The molecule has 56 valence electrons. The van der Waals surface area contributed by atoms with Gasteiger partial charge in [0.15, 0.2) is 0 Å². The van der Waals surface area contributed by atoms with E-state index >= 15 is 0 Å². The number of aromatic nitrogens is 1. The van der Waals surface area contributed by atoms with Gasteiger partial charge in [-0.2, -0.15) is 4.37 Å². The molecule has 0 fully saturated rings. The van der Waals surface area contributed by atoms with Crippen molar-refractivity contribution in [1.82, 2.24) is 4.37 Å². The number of nitrogen functional groups attached to an aromatic ring is 1. The molecule has 0 atom stereocenters. The summed E-state index contributed by atoms with van der Waals surface area (Å²) in [4.78, 5) is 0. The molecule has 0 amide bonds. The van der Waals surface area contributed by atoms with Gasteiger partial charge < -0.3 is 5.73 Å². The zero-order valence-electron chi connectivity index (χ0n) is 5.54. The summed E-state index contributed by atoms with van der Waals surface area (Å²) >= 11 is 4.84. The summed E-state index contributed by atoms with van der Waals surface area (Å²) in [6.07, 6.45) is 0. The Morgan fingerprint density at radius 2 is 2.27 bits per heavy atom. The Bertz CT molecular complexity index is 396. The predicted octanol–water partition coefficient (Wildman–Crippen LogP) is 2.64. The van der Waals surface area contributed by atoms with E-state index < -0.39 is 0 Å². The van der Waals surface area contributed by atoms with E-state index in [1.807, 2.05) is 18.2 Å². The quantitative estimate of drug-likeness (QED) is 0.754. The average molecular weight is 229 g/mol. The lowest BCUT2D eigenvalue weighted by atomic mass is 10.3. The third kappa shape index (κ3) is 1.02. The van der Waals surface area contributed by atoms with Crippen molar-refractivity contribution in [2.75, 3.05) is 5.73 Å². The van der Waals surface area contributed by atoms with Gasteiger partial charge in [-0.25, -0.2) is 0 Å². The summed E-state index contributed by atoms with van der Waals surface area (Å²) in [6, 6.07) is 5.95. The molecule has 2 N–H and O–H groups in total. The zero-order chi connectivity index (χ0) is 7.84. The maximum absolute atomic E-state index is 5.65. The van der Waals surface area contributed by atoms with E-state index in [4.69, 9.17) is 5.73 Å². The number of rotatable bonds is 0. The van der Waals surface area contributed by atoms with Crippen LogP contribution in [-0.2, 0) is 0 Å². The molecule has 0 unspecified atom stereocenters. The smallest absolute Gasteiger partial charge is 0.146 e. The van der Waals surface area contributed by atoms with Crippen LogP contribution in [0.1, 0.15) is 0 Å². The lowest BCUT2D eigenvalue weighted by molar-refractivity contribution is 1.58. The summed E-state index contributed by atoms with van der Waals surface area (Å²) in [7, 11) is 0. The van der Waals surface area contributed by atoms with Crippen molar-refractivity contribution in [3.63, 3.8) is 0 Å². The molecule has 2 aromatic rings. The van der Waals surface area contributed by atoms with Gasteiger partial charge in [0.05, 0.1) is 10.1 Å². The van der Waals surface area contributed by atoms with Crippen molar-refractivity contribution in [2.45, 2.75) is 0 Å². The van der Waals surface area contributed by atoms with E-state index in [0.717, 1.165) is 14.6 Å². The average Bonchev–Trinajstić information content (AvgIpc) is 2.34. The van der Waals surface area contributed by atoms with Crippen molar-refractivity contribution in [2.24, 2.45) is 0 Å². The van der Waals surface area contributed by atoms with Crippen molar-refractivity contribution >= 4 is 43.4 Å². The molecule has 0 bridgehead atoms. The monoisotopic (exact) mass is 228 g/mol. The van der Waals surface area contributed by atoms with Crippen LogP contribution < -0.4 is 5.73 Å². The van der Waals surface area contributed by atoms with E-state index in [9.17, 15) is 0 Å². The second-order valence-corrected chi connectivity index (χ2v) is 3.84. The highest BCUT2D eigenvalue weighted by molar-refractivity contribution is 9.10. The highest BCUT2D eigenvalue weighted by Gasteiger charge is 2.04. The first-order valence-corrected chi connectivity index (χ1v) is 4.65. The minimum Gasteiger partial charge on any atom is -0.382 e. The highest BCUT2D eigenvalue weighted by atomic mass is 79.9. The van der Waals surface area contributed by atoms with Crippen molar-refractivity contribution in [3.8, 4) is 0 Å². The van der Waals surface area contributed by atoms with Crippen LogP contribution in [0.15, 0.2) is 22.7 Å². The van der Waals surface area contributed by atoms with Gasteiger partial charge in [0, 0.05) is 4.47 Å². The van der Waals surface area contributed by atoms with E-state index in [-0.39, 0.29) is 0 Å². The summed E-state index contributed by atoms with van der Waals surface area (Å²) < 4.78 is 6.18. The Morgan fingerprint density at radius 1 is 1.45 bits per heavy atom. The fourth-order valence-corrected chi connectivity index (χ4v) is 2.41. The number of hydrogen-bond acceptors (Lipinski definition) is 3. The van der Waals surface area contributed by atoms with Gasteiger partial charge in [0.25, 0.3) is 0 Å². The second-order valence-electron chi connectivity index (χ2n) is 2.18. The Hall–Kier alpha value is -0.610. The number of fused-ring (bicyclic) bond motifs is 1. The van der Waals surface area contributed by atoms with Crippen molar-refractivity contribution in [3.05, 3.63) is 22.7 Å². The first kappa shape index (κ1) is 7.06. The van der Waals surface area contributed by atoms with Crippen LogP contribution in [0.5, 0.6) is 0 Å². The summed E-state index contributed by atoms with van der Waals surface area (Å²) in [5, 5.41) is 1.03. The van der Waals surface area contributed by atoms with Crippen LogP contribution in [0.25, 0.3) is 10.1 Å². The molecule has 11 heavy (non-hydrogen) atoms. The van der Waals surface area contributed by atoms with Gasteiger partial charge in [0.1, 0.15) is 5.82 Å². The SMILES string of the molecule is Nc1nsc2cccc(Br)c12. The van der Waals surface area contributed by atoms with Crippen LogP contribution in [-0.4, -0.2) is 4.37 Å². The van der Waals surface area contributed by atoms with E-state index in [2.05, 4.69) is 20.3 Å². The molecule has 0 saturated heterocycles. The molecule has 0 radical (unpaired) electrons. The molecule has 0 aliphatic heterocycles. The largest absolute Gasteiger partial charge is 0.382 e. The Kier molecular flexibility index (Phi) is 1.58. The molecule has 4 heteroatoms. The maximum Gasteiger partial charge on any atom is 0.146 e. The van der Waals surface area contributed by atoms with Crippen LogP contribution >= 0.6 is 27.5 Å². The minimum absolute atomic E-state index is 0.609. The third-order valence-electron chi connectivity index (χ3n) is 1.47. The molecule has 0 aliphatic rings. The standard InChI is InChI=1S/C7H5BrN2S/c8-4-2-1-3-5-6(4)7(9)10-11-5/h1-3H,(H2,9,10). The van der Waals surface area contributed by atoms with Gasteiger partial charge >= 0.3 is 0 Å². The van der Waals surface area contributed by atoms with Gasteiger partial charge in [-0.15, -0.1) is 0 Å². The molecule has 0 aliphatic carbocycles. The minimum atomic E-state index is 0.609. The summed E-state index contributed by atoms with van der Waals surface area (Å²) in [5.74, 6) is 0.609. The van der Waals surface area contributed by atoms with Crippen LogP contribution in [0.3, 0.4) is 0 Å². The van der Waals surface area contributed by atoms with Crippen LogP contribution in [0.2, 0.25) is 0 Å². The maximum atomic E-state index is 5.65. The molecule has 1 aromatic heterocycles. The van der Waals surface area contributed by atoms with Gasteiger partial charge in [-0.1, -0.05) is 6.07 Å². The number of anilines is 1. The number of nitrogens with zero attached hydrogens (tertiary/aromatic N) is 1. The zero-order valence-corrected chi connectivity index (χ0v) is 7.95. The Labute approximate surface area is 76.3 Å². The molecule has 0 saturated carbocycles. The van der Waals surface area contributed by atoms with Crippen LogP contribution in [0, 0.1) is 0 Å². The molecule has 1 aromatic carbocycles. The number of hydrogen-bond donors (Lipinski definition) is 1. The molecule has 1 heterocycles. The number of nitrogens with two attached hydrogens (primary N) is 1. The molecule has 0 spiro atoms. The molecule has 2 rings (SSSR count). The first-order valence-electron chi connectivity index (χ1n) is 3.08. The fourth-order valence-electron chi connectivity index (χ4n) is 0.973. The number of halogens is 1. The Morgan fingerprint density at radius 3 is 3.00 bits per heavy atom. The third-order valence-corrected chi connectivity index (χ3v) is 2.96. The summed E-state index contributed by atoms with van der Waals surface area (Å²) in [5.41, 5.74) is 5.65. The first-order chi connectivity index (χ1) is 5.29. The van der Waals surface area contributed by atoms with E-state index in [0.29, 0.717) is 5.82 Å². The Balaban J connectivity index is 2.96. The fraction of sp³-hybridized carbons (Fsp3) is 0. The summed E-state index contributed by atoms with van der Waals surface area (Å²) in [6.45, 7) is 0. The van der Waals surface area contributed by atoms with Gasteiger partial charge in [-0.05, 0) is 39.6 Å². The van der Waals surface area contributed by atoms with Gasteiger partial charge in [-0.3, -0.25) is 0 Å². The molecule has 2 nitrogen and oxygen atoms in total. The lowest BCUT2D eigenvalue weighted by Crippen LogP contribution is -1.83. The topological polar surface area (TPSA) is 38.9 Å². The van der Waals surface area contributed by atoms with Crippen molar-refractivity contribution < 1.29 is 0 Å². The second kappa shape index (κ2) is 2.46. The molecular formula is C7H5BrN2S.